The molecule has 1 rings (SSSR count). The summed E-state index contributed by atoms with van der Waals surface area (Å²) in [6, 6.07) is 12.4. The van der Waals surface area contributed by atoms with E-state index in [0.717, 1.165) is 6.54 Å². The van der Waals surface area contributed by atoms with E-state index in [4.69, 9.17) is 5.26 Å². The third kappa shape index (κ3) is 3.67. The Hall–Kier alpha value is -1.33. The van der Waals surface area contributed by atoms with Gasteiger partial charge < -0.3 is 5.32 Å². The van der Waals surface area contributed by atoms with Crippen LogP contribution in [-0.2, 0) is 0 Å². The molecule has 86 valence electrons. The average molecular weight is 216 g/mol. The van der Waals surface area contributed by atoms with Crippen molar-refractivity contribution in [1.29, 1.82) is 5.26 Å². The Kier molecular flexibility index (Phi) is 5.01. The van der Waals surface area contributed by atoms with Crippen molar-refractivity contribution in [2.75, 3.05) is 6.54 Å². The molecule has 1 N–H and O–H groups in total. The van der Waals surface area contributed by atoms with Crippen LogP contribution in [0.25, 0.3) is 0 Å². The number of hydrogen-bond acceptors (Lipinski definition) is 2. The van der Waals surface area contributed by atoms with E-state index < -0.39 is 0 Å². The maximum absolute atomic E-state index is 9.16. The van der Waals surface area contributed by atoms with Gasteiger partial charge in [0.1, 0.15) is 6.04 Å². The predicted octanol–water partition coefficient (Wildman–Crippen LogP) is 2.93. The summed E-state index contributed by atoms with van der Waals surface area (Å²) in [5.74, 6) is 0.795. The monoisotopic (exact) mass is 216 g/mol. The standard InChI is InChI=1S/C14H20N2/c1-11(2)10-16-14(9-15)12(3)13-7-5-4-6-8-13/h4-8,11-12,14,16H,10H2,1-3H3. The lowest BCUT2D eigenvalue weighted by atomic mass is 9.94. The highest BCUT2D eigenvalue weighted by molar-refractivity contribution is 5.22. The van der Waals surface area contributed by atoms with E-state index in [0.29, 0.717) is 5.92 Å². The summed E-state index contributed by atoms with van der Waals surface area (Å²) < 4.78 is 0. The van der Waals surface area contributed by atoms with Gasteiger partial charge in [-0.05, 0) is 18.0 Å². The molecule has 1 aromatic rings. The van der Waals surface area contributed by atoms with E-state index >= 15 is 0 Å². The fourth-order valence-corrected chi connectivity index (χ4v) is 1.65. The molecule has 2 atom stereocenters. The molecule has 0 amide bonds. The molecule has 2 nitrogen and oxygen atoms in total. The number of nitrogens with zero attached hydrogens (tertiary/aromatic N) is 1. The zero-order valence-electron chi connectivity index (χ0n) is 10.3. The third-order valence-corrected chi connectivity index (χ3v) is 2.71. The molecule has 0 fully saturated rings. The molecule has 1 aromatic carbocycles. The van der Waals surface area contributed by atoms with Crippen LogP contribution in [0.5, 0.6) is 0 Å². The number of hydrogen-bond donors (Lipinski definition) is 1. The van der Waals surface area contributed by atoms with Crippen molar-refractivity contribution in [1.82, 2.24) is 5.32 Å². The van der Waals surface area contributed by atoms with Gasteiger partial charge in [-0.25, -0.2) is 0 Å². The van der Waals surface area contributed by atoms with Crippen LogP contribution >= 0.6 is 0 Å². The molecule has 0 spiro atoms. The Morgan fingerprint density at radius 2 is 1.81 bits per heavy atom. The van der Waals surface area contributed by atoms with E-state index in [-0.39, 0.29) is 12.0 Å². The van der Waals surface area contributed by atoms with Crippen molar-refractivity contribution in [3.8, 4) is 6.07 Å². The van der Waals surface area contributed by atoms with Crippen LogP contribution < -0.4 is 5.32 Å². The van der Waals surface area contributed by atoms with E-state index in [1.54, 1.807) is 0 Å². The molecule has 0 aliphatic carbocycles. The summed E-state index contributed by atoms with van der Waals surface area (Å²) in [6.45, 7) is 7.27. The molecule has 0 heterocycles. The highest BCUT2D eigenvalue weighted by Crippen LogP contribution is 2.18. The van der Waals surface area contributed by atoms with Gasteiger partial charge in [0.2, 0.25) is 0 Å². The third-order valence-electron chi connectivity index (χ3n) is 2.71. The Morgan fingerprint density at radius 3 is 2.31 bits per heavy atom. The Bertz CT molecular complexity index is 338. The van der Waals surface area contributed by atoms with Crippen LogP contribution in [-0.4, -0.2) is 12.6 Å². The maximum atomic E-state index is 9.16. The van der Waals surface area contributed by atoms with Gasteiger partial charge in [-0.3, -0.25) is 0 Å². The molecule has 0 bridgehead atoms. The second kappa shape index (κ2) is 6.30. The molecule has 16 heavy (non-hydrogen) atoms. The molecule has 2 heteroatoms. The fourth-order valence-electron chi connectivity index (χ4n) is 1.65. The van der Waals surface area contributed by atoms with Crippen LogP contribution in [0.2, 0.25) is 0 Å². The fraction of sp³-hybridized carbons (Fsp3) is 0.500. The first-order valence-corrected chi connectivity index (χ1v) is 5.83. The first kappa shape index (κ1) is 12.7. The maximum Gasteiger partial charge on any atom is 0.102 e. The van der Waals surface area contributed by atoms with Gasteiger partial charge in [-0.2, -0.15) is 5.26 Å². The van der Waals surface area contributed by atoms with Crippen molar-refractivity contribution >= 4 is 0 Å². The van der Waals surface area contributed by atoms with Gasteiger partial charge >= 0.3 is 0 Å². The quantitative estimate of drug-likeness (QED) is 0.821. The minimum Gasteiger partial charge on any atom is -0.301 e. The smallest absolute Gasteiger partial charge is 0.102 e. The number of nitriles is 1. The van der Waals surface area contributed by atoms with Crippen molar-refractivity contribution in [3.63, 3.8) is 0 Å². The van der Waals surface area contributed by atoms with Crippen LogP contribution in [0.1, 0.15) is 32.3 Å². The zero-order valence-corrected chi connectivity index (χ0v) is 10.3. The SMILES string of the molecule is CC(C)CNC(C#N)C(C)c1ccccc1. The highest BCUT2D eigenvalue weighted by atomic mass is 14.9. The minimum atomic E-state index is -0.107. The van der Waals surface area contributed by atoms with Crippen LogP contribution in [0.3, 0.4) is 0 Å². The molecule has 2 unspecified atom stereocenters. The number of nitrogens with one attached hydrogen (secondary N) is 1. The van der Waals surface area contributed by atoms with Crippen molar-refractivity contribution in [3.05, 3.63) is 35.9 Å². The second-order valence-electron chi connectivity index (χ2n) is 4.61. The van der Waals surface area contributed by atoms with Gasteiger partial charge in [0, 0.05) is 5.92 Å². The van der Waals surface area contributed by atoms with Crippen LogP contribution in [0.4, 0.5) is 0 Å². The van der Waals surface area contributed by atoms with E-state index in [1.807, 2.05) is 18.2 Å². The van der Waals surface area contributed by atoms with Gasteiger partial charge in [0.05, 0.1) is 6.07 Å². The van der Waals surface area contributed by atoms with Crippen molar-refractivity contribution in [2.24, 2.45) is 5.92 Å². The lowest BCUT2D eigenvalue weighted by molar-refractivity contribution is 0.477. The summed E-state index contributed by atoms with van der Waals surface area (Å²) in [7, 11) is 0. The number of benzene rings is 1. The predicted molar refractivity (Wildman–Crippen MR) is 67.1 cm³/mol. The molecular formula is C14H20N2. The largest absolute Gasteiger partial charge is 0.301 e. The number of rotatable bonds is 5. The van der Waals surface area contributed by atoms with Gasteiger partial charge in [0.15, 0.2) is 0 Å². The van der Waals surface area contributed by atoms with Crippen molar-refractivity contribution < 1.29 is 0 Å². The molecular weight excluding hydrogens is 196 g/mol. The summed E-state index contributed by atoms with van der Waals surface area (Å²) in [5.41, 5.74) is 1.21. The van der Waals surface area contributed by atoms with E-state index in [1.165, 1.54) is 5.56 Å². The molecule has 0 radical (unpaired) electrons. The van der Waals surface area contributed by atoms with Gasteiger partial charge in [-0.1, -0.05) is 51.1 Å². The van der Waals surface area contributed by atoms with Gasteiger partial charge in [-0.15, -0.1) is 0 Å². The molecule has 0 saturated heterocycles. The second-order valence-corrected chi connectivity index (χ2v) is 4.61. The molecule has 0 aliphatic heterocycles. The highest BCUT2D eigenvalue weighted by Gasteiger charge is 2.17. The summed E-state index contributed by atoms with van der Waals surface area (Å²) in [4.78, 5) is 0. The molecule has 0 aromatic heterocycles. The topological polar surface area (TPSA) is 35.8 Å². The Balaban J connectivity index is 2.64. The first-order chi connectivity index (χ1) is 7.65. The van der Waals surface area contributed by atoms with Gasteiger partial charge in [0.25, 0.3) is 0 Å². The first-order valence-electron chi connectivity index (χ1n) is 5.83. The van der Waals surface area contributed by atoms with E-state index in [9.17, 15) is 0 Å². The van der Waals surface area contributed by atoms with Crippen LogP contribution in [0, 0.1) is 17.2 Å². The Labute approximate surface area is 98.3 Å². The lowest BCUT2D eigenvalue weighted by Gasteiger charge is -2.20. The molecule has 0 saturated carbocycles. The van der Waals surface area contributed by atoms with E-state index in [2.05, 4.69) is 44.3 Å². The normalized spacial score (nSPS) is 14.4. The van der Waals surface area contributed by atoms with Crippen molar-refractivity contribution in [2.45, 2.75) is 32.7 Å². The zero-order chi connectivity index (χ0) is 12.0. The summed E-state index contributed by atoms with van der Waals surface area (Å²) in [6.07, 6.45) is 0. The molecule has 0 aliphatic rings. The minimum absolute atomic E-state index is 0.107. The van der Waals surface area contributed by atoms with Crippen LogP contribution in [0.15, 0.2) is 30.3 Å². The lowest BCUT2D eigenvalue weighted by Crippen LogP contribution is -2.35. The average Bonchev–Trinajstić information content (AvgIpc) is 2.30. The summed E-state index contributed by atoms with van der Waals surface area (Å²) >= 11 is 0. The Morgan fingerprint density at radius 1 is 1.19 bits per heavy atom. The summed E-state index contributed by atoms with van der Waals surface area (Å²) in [5, 5.41) is 12.5.